The van der Waals surface area contributed by atoms with Gasteiger partial charge in [0, 0.05) is 48.8 Å². The molecule has 0 radical (unpaired) electrons. The van der Waals surface area contributed by atoms with Gasteiger partial charge in [-0.15, -0.1) is 23.7 Å². The van der Waals surface area contributed by atoms with E-state index in [2.05, 4.69) is 15.5 Å². The summed E-state index contributed by atoms with van der Waals surface area (Å²) in [6.45, 7) is 6.94. The molecule has 0 spiro atoms. The van der Waals surface area contributed by atoms with E-state index >= 15 is 0 Å². The van der Waals surface area contributed by atoms with Gasteiger partial charge in [-0.1, -0.05) is 24.3 Å². The summed E-state index contributed by atoms with van der Waals surface area (Å²) >= 11 is 1.60. The fraction of sp³-hybridized carbons (Fsp3) is 0.455. The first kappa shape index (κ1) is 22.6. The topological polar surface area (TPSA) is 64.7 Å². The first-order valence-electron chi connectivity index (χ1n) is 10.1. The van der Waals surface area contributed by atoms with Crippen molar-refractivity contribution in [3.8, 4) is 0 Å². The first-order valence-corrected chi connectivity index (χ1v) is 11.0. The molecule has 3 unspecified atom stereocenters. The average molecular weight is 449 g/mol. The molecule has 2 N–H and O–H groups in total. The van der Waals surface area contributed by atoms with E-state index in [9.17, 15) is 9.59 Å². The van der Waals surface area contributed by atoms with Gasteiger partial charge in [-0.3, -0.25) is 9.69 Å². The van der Waals surface area contributed by atoms with E-state index in [4.69, 9.17) is 0 Å². The van der Waals surface area contributed by atoms with Crippen LogP contribution >= 0.6 is 23.7 Å². The van der Waals surface area contributed by atoms with Gasteiger partial charge in [-0.25, -0.2) is 4.79 Å². The van der Waals surface area contributed by atoms with Crippen LogP contribution in [0.3, 0.4) is 0 Å². The van der Waals surface area contributed by atoms with E-state index in [-0.39, 0.29) is 36.4 Å². The van der Waals surface area contributed by atoms with Crippen LogP contribution in [0.15, 0.2) is 47.8 Å². The van der Waals surface area contributed by atoms with E-state index < -0.39 is 5.41 Å². The number of carbonyl (C=O) groups is 2. The summed E-state index contributed by atoms with van der Waals surface area (Å²) in [6.07, 6.45) is 0.980. The highest BCUT2D eigenvalue weighted by Crippen LogP contribution is 2.28. The largest absolute Gasteiger partial charge is 0.354 e. The van der Waals surface area contributed by atoms with Gasteiger partial charge < -0.3 is 15.5 Å². The van der Waals surface area contributed by atoms with Crippen molar-refractivity contribution in [3.63, 3.8) is 0 Å². The number of hydrogen-bond donors (Lipinski definition) is 2. The molecule has 1 aromatic carbocycles. The number of carbonyl (C=O) groups excluding carboxylic acids is 2. The van der Waals surface area contributed by atoms with Crippen LogP contribution in [0.1, 0.15) is 25.1 Å². The normalized spacial score (nSPS) is 22.9. The van der Waals surface area contributed by atoms with Crippen LogP contribution in [0, 0.1) is 0 Å². The van der Waals surface area contributed by atoms with Crippen molar-refractivity contribution in [2.75, 3.05) is 31.5 Å². The predicted molar refractivity (Wildman–Crippen MR) is 124 cm³/mol. The van der Waals surface area contributed by atoms with Gasteiger partial charge in [0.25, 0.3) is 0 Å². The fourth-order valence-electron chi connectivity index (χ4n) is 4.18. The van der Waals surface area contributed by atoms with Crippen LogP contribution in [0.25, 0.3) is 0 Å². The number of fused-ring (bicyclic) bond motifs is 2. The Hall–Kier alpha value is -2.09. The van der Waals surface area contributed by atoms with E-state index in [0.717, 1.165) is 30.1 Å². The fourth-order valence-corrected chi connectivity index (χ4v) is 5.03. The standard InChI is InChI=1S/C22H28N4O2S.ClH/c1-22(2,19-9-6-12-29-19)20(27)23-13-18-15-26(17-10-11-25(18)14-17)21(28)24-16-7-4-3-5-8-16;/h3-9,12,17-18H,10-11,13-15H2,1-2H3,(H,23,27)(H,24,28);1H. The molecule has 2 fully saturated rings. The number of thiophene rings is 1. The second kappa shape index (κ2) is 9.37. The van der Waals surface area contributed by atoms with Crippen molar-refractivity contribution in [1.82, 2.24) is 15.1 Å². The Balaban J connectivity index is 0.00000256. The average Bonchev–Trinajstić information content (AvgIpc) is 3.39. The van der Waals surface area contributed by atoms with Crippen LogP contribution in [0.4, 0.5) is 10.5 Å². The highest BCUT2D eigenvalue weighted by Gasteiger charge is 2.41. The molecule has 8 heteroatoms. The number of para-hydroxylation sites is 1. The molecule has 2 aliphatic heterocycles. The first-order chi connectivity index (χ1) is 13.9. The minimum atomic E-state index is -0.555. The van der Waals surface area contributed by atoms with E-state index in [1.807, 2.05) is 66.6 Å². The third-order valence-electron chi connectivity index (χ3n) is 6.05. The summed E-state index contributed by atoms with van der Waals surface area (Å²) in [4.78, 5) is 31.1. The Morgan fingerprint density at radius 3 is 2.60 bits per heavy atom. The zero-order valence-electron chi connectivity index (χ0n) is 17.3. The van der Waals surface area contributed by atoms with Crippen LogP contribution in [-0.4, -0.2) is 60.0 Å². The number of nitrogens with one attached hydrogen (secondary N) is 2. The number of rotatable bonds is 5. The van der Waals surface area contributed by atoms with Gasteiger partial charge >= 0.3 is 6.03 Å². The molecule has 2 saturated heterocycles. The van der Waals surface area contributed by atoms with Crippen molar-refractivity contribution >= 4 is 41.4 Å². The summed E-state index contributed by atoms with van der Waals surface area (Å²) < 4.78 is 0. The Labute approximate surface area is 188 Å². The number of benzene rings is 1. The molecule has 4 rings (SSSR count). The number of piperazine rings is 1. The van der Waals surface area contributed by atoms with E-state index in [0.29, 0.717) is 13.1 Å². The zero-order chi connectivity index (χ0) is 20.4. The van der Waals surface area contributed by atoms with Gasteiger partial charge in [-0.2, -0.15) is 0 Å². The molecule has 2 aromatic rings. The van der Waals surface area contributed by atoms with Crippen molar-refractivity contribution in [2.24, 2.45) is 0 Å². The van der Waals surface area contributed by atoms with Crippen molar-refractivity contribution in [2.45, 2.75) is 37.8 Å². The SMILES string of the molecule is CC(C)(C(=O)NCC1CN(C(=O)Nc2ccccc2)C2CCN1C2)c1cccs1.Cl. The lowest BCUT2D eigenvalue weighted by molar-refractivity contribution is -0.125. The molecule has 30 heavy (non-hydrogen) atoms. The highest BCUT2D eigenvalue weighted by atomic mass is 35.5. The second-order valence-electron chi connectivity index (χ2n) is 8.35. The number of urea groups is 1. The van der Waals surface area contributed by atoms with Gasteiger partial charge in [0.05, 0.1) is 5.41 Å². The molecule has 0 saturated carbocycles. The maximum atomic E-state index is 12.9. The Kier molecular flexibility index (Phi) is 7.06. The molecule has 2 bridgehead atoms. The molecule has 0 aliphatic carbocycles. The zero-order valence-corrected chi connectivity index (χ0v) is 19.0. The number of hydrogen-bond acceptors (Lipinski definition) is 4. The second-order valence-corrected chi connectivity index (χ2v) is 9.30. The summed E-state index contributed by atoms with van der Waals surface area (Å²) in [5, 5.41) is 8.14. The molecule has 1 aromatic heterocycles. The Morgan fingerprint density at radius 1 is 1.13 bits per heavy atom. The summed E-state index contributed by atoms with van der Waals surface area (Å²) in [5.74, 6) is 0.0292. The van der Waals surface area contributed by atoms with Gasteiger partial charge in [0.15, 0.2) is 0 Å². The van der Waals surface area contributed by atoms with Crippen molar-refractivity contribution < 1.29 is 9.59 Å². The molecule has 3 heterocycles. The lowest BCUT2D eigenvalue weighted by Gasteiger charge is -2.40. The third-order valence-corrected chi connectivity index (χ3v) is 7.24. The minimum absolute atomic E-state index is 0. The van der Waals surface area contributed by atoms with E-state index in [1.165, 1.54) is 0 Å². The quantitative estimate of drug-likeness (QED) is 0.735. The molecular weight excluding hydrogens is 420 g/mol. The number of nitrogens with zero attached hydrogens (tertiary/aromatic N) is 2. The molecule has 162 valence electrons. The minimum Gasteiger partial charge on any atom is -0.354 e. The summed E-state index contributed by atoms with van der Waals surface area (Å²) in [6, 6.07) is 13.9. The molecule has 3 atom stereocenters. The molecule has 6 nitrogen and oxygen atoms in total. The maximum Gasteiger partial charge on any atom is 0.322 e. The Morgan fingerprint density at radius 2 is 1.90 bits per heavy atom. The van der Waals surface area contributed by atoms with Crippen LogP contribution in [0.5, 0.6) is 0 Å². The van der Waals surface area contributed by atoms with Crippen LogP contribution in [0.2, 0.25) is 0 Å². The molecular formula is C22H29ClN4O2S. The summed E-state index contributed by atoms with van der Waals surface area (Å²) in [7, 11) is 0. The molecule has 3 amide bonds. The van der Waals surface area contributed by atoms with E-state index in [1.54, 1.807) is 11.3 Å². The van der Waals surface area contributed by atoms with Crippen molar-refractivity contribution in [3.05, 3.63) is 52.7 Å². The number of anilines is 1. The van der Waals surface area contributed by atoms with Gasteiger partial charge in [-0.05, 0) is 43.8 Å². The van der Waals surface area contributed by atoms with Crippen LogP contribution < -0.4 is 10.6 Å². The lowest BCUT2D eigenvalue weighted by atomic mass is 9.90. The third kappa shape index (κ3) is 4.63. The van der Waals surface area contributed by atoms with Gasteiger partial charge in [0.1, 0.15) is 0 Å². The predicted octanol–water partition coefficient (Wildman–Crippen LogP) is 3.55. The van der Waals surface area contributed by atoms with Gasteiger partial charge in [0.2, 0.25) is 5.91 Å². The maximum absolute atomic E-state index is 12.9. The van der Waals surface area contributed by atoms with Crippen molar-refractivity contribution in [1.29, 1.82) is 0 Å². The summed E-state index contributed by atoms with van der Waals surface area (Å²) in [5.41, 5.74) is 0.251. The Bertz CT molecular complexity index is 859. The highest BCUT2D eigenvalue weighted by molar-refractivity contribution is 7.10. The monoisotopic (exact) mass is 448 g/mol. The lowest BCUT2D eigenvalue weighted by Crippen LogP contribution is -2.59. The molecule has 2 aliphatic rings. The number of halogens is 1. The smallest absolute Gasteiger partial charge is 0.322 e. The number of amides is 3. The van der Waals surface area contributed by atoms with Crippen LogP contribution in [-0.2, 0) is 10.2 Å².